The quantitative estimate of drug-likeness (QED) is 0.896. The standard InChI is InChI=1S/C14H20FN3OS/c1-20-14(6-3-2-4-7-14)9-18-13(19)10-5-8-17-12(16)11(10)15/h5,8H,2-4,6-7,9H2,1H3,(H2,16,17)(H,18,19). The van der Waals surface area contributed by atoms with Gasteiger partial charge < -0.3 is 11.1 Å². The molecule has 1 aromatic rings. The summed E-state index contributed by atoms with van der Waals surface area (Å²) in [4.78, 5) is 15.7. The van der Waals surface area contributed by atoms with Crippen LogP contribution in [0.15, 0.2) is 12.3 Å². The molecule has 0 unspecified atom stereocenters. The number of nitrogens with zero attached hydrogens (tertiary/aromatic N) is 1. The normalized spacial score (nSPS) is 17.7. The van der Waals surface area contributed by atoms with E-state index in [4.69, 9.17) is 5.73 Å². The van der Waals surface area contributed by atoms with Gasteiger partial charge in [0.15, 0.2) is 11.6 Å². The van der Waals surface area contributed by atoms with Gasteiger partial charge in [0.1, 0.15) is 0 Å². The van der Waals surface area contributed by atoms with Crippen molar-refractivity contribution in [3.63, 3.8) is 0 Å². The number of halogens is 1. The van der Waals surface area contributed by atoms with E-state index in [1.54, 1.807) is 11.8 Å². The smallest absolute Gasteiger partial charge is 0.254 e. The number of thioether (sulfide) groups is 1. The van der Waals surface area contributed by atoms with Gasteiger partial charge in [-0.15, -0.1) is 0 Å². The van der Waals surface area contributed by atoms with E-state index in [1.807, 2.05) is 0 Å². The van der Waals surface area contributed by atoms with Gasteiger partial charge in [-0.3, -0.25) is 4.79 Å². The lowest BCUT2D eigenvalue weighted by Gasteiger charge is -2.35. The van der Waals surface area contributed by atoms with Crippen molar-refractivity contribution in [1.29, 1.82) is 0 Å². The van der Waals surface area contributed by atoms with Crippen LogP contribution in [0.25, 0.3) is 0 Å². The molecule has 110 valence electrons. The number of carbonyl (C=O) groups excluding carboxylic acids is 1. The lowest BCUT2D eigenvalue weighted by atomic mass is 9.88. The highest BCUT2D eigenvalue weighted by Gasteiger charge is 2.31. The minimum Gasteiger partial charge on any atom is -0.381 e. The first-order valence-corrected chi connectivity index (χ1v) is 8.04. The second-order valence-electron chi connectivity index (χ2n) is 5.19. The summed E-state index contributed by atoms with van der Waals surface area (Å²) in [5.41, 5.74) is 5.34. The largest absolute Gasteiger partial charge is 0.381 e. The first-order chi connectivity index (χ1) is 9.58. The summed E-state index contributed by atoms with van der Waals surface area (Å²) in [6.45, 7) is 0.564. The molecule has 0 spiro atoms. The fraction of sp³-hybridized carbons (Fsp3) is 0.571. The Kier molecular flexibility index (Phi) is 4.86. The van der Waals surface area contributed by atoms with Crippen molar-refractivity contribution in [2.75, 3.05) is 18.5 Å². The number of pyridine rings is 1. The highest BCUT2D eigenvalue weighted by atomic mass is 32.2. The first-order valence-electron chi connectivity index (χ1n) is 6.81. The summed E-state index contributed by atoms with van der Waals surface area (Å²) in [7, 11) is 0. The van der Waals surface area contributed by atoms with Crippen LogP contribution in [-0.2, 0) is 0 Å². The van der Waals surface area contributed by atoms with E-state index in [2.05, 4.69) is 16.6 Å². The minimum absolute atomic E-state index is 0.0374. The summed E-state index contributed by atoms with van der Waals surface area (Å²) in [5, 5.41) is 2.85. The molecule has 1 amide bonds. The lowest BCUT2D eigenvalue weighted by molar-refractivity contribution is 0.0943. The Balaban J connectivity index is 2.02. The van der Waals surface area contributed by atoms with Gasteiger partial charge in [0.2, 0.25) is 0 Å². The number of hydrogen-bond donors (Lipinski definition) is 2. The Morgan fingerprint density at radius 2 is 2.20 bits per heavy atom. The summed E-state index contributed by atoms with van der Waals surface area (Å²) in [5.74, 6) is -1.41. The maximum atomic E-state index is 13.7. The molecule has 6 heteroatoms. The van der Waals surface area contributed by atoms with Crippen LogP contribution < -0.4 is 11.1 Å². The molecule has 0 radical (unpaired) electrons. The summed E-state index contributed by atoms with van der Waals surface area (Å²) < 4.78 is 13.8. The maximum Gasteiger partial charge on any atom is 0.254 e. The monoisotopic (exact) mass is 297 g/mol. The number of nitrogen functional groups attached to an aromatic ring is 1. The van der Waals surface area contributed by atoms with Gasteiger partial charge >= 0.3 is 0 Å². The maximum absolute atomic E-state index is 13.7. The number of aromatic nitrogens is 1. The van der Waals surface area contributed by atoms with E-state index >= 15 is 0 Å². The third-order valence-electron chi connectivity index (χ3n) is 3.93. The third-order valence-corrected chi connectivity index (χ3v) is 5.35. The molecule has 4 nitrogen and oxygen atoms in total. The molecule has 1 fully saturated rings. The molecule has 0 atom stereocenters. The zero-order valence-electron chi connectivity index (χ0n) is 11.6. The number of rotatable bonds is 4. The van der Waals surface area contributed by atoms with E-state index in [-0.39, 0.29) is 16.1 Å². The van der Waals surface area contributed by atoms with Crippen LogP contribution in [0.4, 0.5) is 10.2 Å². The van der Waals surface area contributed by atoms with E-state index in [1.165, 1.54) is 31.5 Å². The van der Waals surface area contributed by atoms with Gasteiger partial charge in [-0.25, -0.2) is 9.37 Å². The summed E-state index contributed by atoms with van der Waals surface area (Å²) in [6, 6.07) is 1.35. The van der Waals surface area contributed by atoms with Gasteiger partial charge in [-0.2, -0.15) is 11.8 Å². The summed E-state index contributed by atoms with van der Waals surface area (Å²) in [6.07, 6.45) is 9.23. The number of carbonyl (C=O) groups is 1. The van der Waals surface area contributed by atoms with Gasteiger partial charge in [-0.05, 0) is 25.2 Å². The number of anilines is 1. The number of nitrogens with two attached hydrogens (primary N) is 1. The fourth-order valence-corrected chi connectivity index (χ4v) is 3.53. The molecule has 1 aliphatic carbocycles. The van der Waals surface area contributed by atoms with Crippen molar-refractivity contribution >= 4 is 23.5 Å². The first kappa shape index (κ1) is 15.1. The Morgan fingerprint density at radius 3 is 2.85 bits per heavy atom. The highest BCUT2D eigenvalue weighted by Crippen LogP contribution is 2.38. The molecule has 0 saturated heterocycles. The van der Waals surface area contributed by atoms with Crippen molar-refractivity contribution in [2.45, 2.75) is 36.9 Å². The van der Waals surface area contributed by atoms with E-state index in [9.17, 15) is 9.18 Å². The van der Waals surface area contributed by atoms with Crippen LogP contribution >= 0.6 is 11.8 Å². The Morgan fingerprint density at radius 1 is 1.50 bits per heavy atom. The van der Waals surface area contributed by atoms with Gasteiger partial charge in [0.25, 0.3) is 5.91 Å². The molecular formula is C14H20FN3OS. The average Bonchev–Trinajstić information content (AvgIpc) is 2.48. The van der Waals surface area contributed by atoms with E-state index in [0.29, 0.717) is 6.54 Å². The predicted molar refractivity (Wildman–Crippen MR) is 80.3 cm³/mol. The van der Waals surface area contributed by atoms with Crippen LogP contribution in [0.1, 0.15) is 42.5 Å². The average molecular weight is 297 g/mol. The number of nitrogens with one attached hydrogen (secondary N) is 1. The molecule has 1 heterocycles. The van der Waals surface area contributed by atoms with Crippen molar-refractivity contribution in [3.8, 4) is 0 Å². The Bertz CT molecular complexity index is 489. The minimum atomic E-state index is -0.744. The van der Waals surface area contributed by atoms with Gasteiger partial charge in [0.05, 0.1) is 5.56 Å². The SMILES string of the molecule is CSC1(CNC(=O)c2ccnc(N)c2F)CCCCC1. The van der Waals surface area contributed by atoms with Crippen LogP contribution in [-0.4, -0.2) is 28.4 Å². The van der Waals surface area contributed by atoms with Crippen LogP contribution in [0.3, 0.4) is 0 Å². The lowest BCUT2D eigenvalue weighted by Crippen LogP contribution is -2.42. The molecule has 0 aromatic carbocycles. The molecule has 20 heavy (non-hydrogen) atoms. The van der Waals surface area contributed by atoms with Crippen molar-refractivity contribution in [2.24, 2.45) is 0 Å². The van der Waals surface area contributed by atoms with Crippen molar-refractivity contribution < 1.29 is 9.18 Å². The second kappa shape index (κ2) is 6.43. The van der Waals surface area contributed by atoms with Gasteiger partial charge in [0, 0.05) is 17.5 Å². The van der Waals surface area contributed by atoms with Crippen LogP contribution in [0, 0.1) is 5.82 Å². The predicted octanol–water partition coefficient (Wildman–Crippen LogP) is 2.60. The van der Waals surface area contributed by atoms with E-state index in [0.717, 1.165) is 12.8 Å². The molecule has 2 rings (SSSR count). The molecule has 0 aliphatic heterocycles. The Hall–Kier alpha value is -1.30. The third kappa shape index (κ3) is 3.23. The van der Waals surface area contributed by atoms with Crippen molar-refractivity contribution in [3.05, 3.63) is 23.6 Å². The van der Waals surface area contributed by atoms with Crippen LogP contribution in [0.2, 0.25) is 0 Å². The topological polar surface area (TPSA) is 68.0 Å². The zero-order chi connectivity index (χ0) is 14.6. The zero-order valence-corrected chi connectivity index (χ0v) is 12.4. The molecule has 1 aliphatic rings. The second-order valence-corrected chi connectivity index (χ2v) is 6.46. The Labute approximate surface area is 122 Å². The van der Waals surface area contributed by atoms with Gasteiger partial charge in [-0.1, -0.05) is 19.3 Å². The van der Waals surface area contributed by atoms with Crippen molar-refractivity contribution in [1.82, 2.24) is 10.3 Å². The van der Waals surface area contributed by atoms with Crippen LogP contribution in [0.5, 0.6) is 0 Å². The fourth-order valence-electron chi connectivity index (χ4n) is 2.62. The highest BCUT2D eigenvalue weighted by molar-refractivity contribution is 8.00. The number of hydrogen-bond acceptors (Lipinski definition) is 4. The summed E-state index contributed by atoms with van der Waals surface area (Å²) >= 11 is 1.79. The molecule has 1 aromatic heterocycles. The molecule has 1 saturated carbocycles. The molecular weight excluding hydrogens is 277 g/mol. The van der Waals surface area contributed by atoms with E-state index < -0.39 is 11.7 Å². The molecule has 0 bridgehead atoms. The molecule has 3 N–H and O–H groups in total. The number of amides is 1.